The van der Waals surface area contributed by atoms with Crippen molar-refractivity contribution < 1.29 is 23.8 Å². The summed E-state index contributed by atoms with van der Waals surface area (Å²) < 4.78 is 27.8. The minimum atomic E-state index is -0.746. The van der Waals surface area contributed by atoms with Crippen LogP contribution < -0.4 is 4.74 Å². The lowest BCUT2D eigenvalue weighted by Gasteiger charge is -2.34. The second-order valence-electron chi connectivity index (χ2n) is 13.0. The van der Waals surface area contributed by atoms with Crippen molar-refractivity contribution in [3.05, 3.63) is 82.4 Å². The minimum absolute atomic E-state index is 0.00432. The fourth-order valence-electron chi connectivity index (χ4n) is 7.10. The molecule has 3 heterocycles. The van der Waals surface area contributed by atoms with Crippen LogP contribution in [0.4, 0.5) is 4.39 Å². The van der Waals surface area contributed by atoms with Crippen molar-refractivity contribution in [2.75, 3.05) is 19.7 Å². The Labute approximate surface area is 246 Å². The molecule has 3 aromatic rings. The molecule has 7 rings (SSSR count). The molecule has 220 valence electrons. The third-order valence-corrected chi connectivity index (χ3v) is 9.79. The highest BCUT2D eigenvalue weighted by Crippen LogP contribution is 2.48. The van der Waals surface area contributed by atoms with Gasteiger partial charge in [-0.15, -0.1) is 0 Å². The predicted octanol–water partition coefficient (Wildman–Crippen LogP) is 6.84. The summed E-state index contributed by atoms with van der Waals surface area (Å²) in [6.45, 7) is 6.92. The number of carboxylic acids is 1. The molecule has 1 N–H and O–H groups in total. The molecule has 0 radical (unpaired) electrons. The van der Waals surface area contributed by atoms with E-state index in [2.05, 4.69) is 40.2 Å². The Morgan fingerprint density at radius 1 is 1.14 bits per heavy atom. The van der Waals surface area contributed by atoms with Crippen LogP contribution in [0.3, 0.4) is 0 Å². The van der Waals surface area contributed by atoms with Crippen molar-refractivity contribution >= 4 is 5.97 Å². The zero-order chi connectivity index (χ0) is 29.0. The molecule has 4 aliphatic rings. The van der Waals surface area contributed by atoms with E-state index in [9.17, 15) is 9.90 Å². The molecule has 1 saturated heterocycles. The Balaban J connectivity index is 1.19. The third-order valence-electron chi connectivity index (χ3n) is 9.79. The van der Waals surface area contributed by atoms with Gasteiger partial charge >= 0.3 is 5.97 Å². The molecule has 0 bridgehead atoms. The molecule has 1 spiro atoms. The summed E-state index contributed by atoms with van der Waals surface area (Å²) in [5, 5.41) is 9.76. The second kappa shape index (κ2) is 10.8. The van der Waals surface area contributed by atoms with Gasteiger partial charge in [0.05, 0.1) is 24.3 Å². The van der Waals surface area contributed by atoms with E-state index in [1.807, 2.05) is 26.0 Å². The highest BCUT2D eigenvalue weighted by Gasteiger charge is 2.47. The molecular weight excluding hydrogens is 531 g/mol. The Bertz CT molecular complexity index is 1510. The second-order valence-corrected chi connectivity index (χ2v) is 13.0. The Hall–Kier alpha value is -3.29. The zero-order valence-corrected chi connectivity index (χ0v) is 24.4. The van der Waals surface area contributed by atoms with Gasteiger partial charge in [-0.25, -0.2) is 4.39 Å². The average Bonchev–Trinajstić information content (AvgIpc) is 3.93. The van der Waals surface area contributed by atoms with E-state index in [0.717, 1.165) is 98.5 Å². The summed E-state index contributed by atoms with van der Waals surface area (Å²) in [5.41, 5.74) is 6.68. The van der Waals surface area contributed by atoms with Gasteiger partial charge in [-0.05, 0) is 97.2 Å². The first-order chi connectivity index (χ1) is 20.3. The van der Waals surface area contributed by atoms with E-state index in [4.69, 9.17) is 9.47 Å². The number of benzene rings is 2. The summed E-state index contributed by atoms with van der Waals surface area (Å²) in [7, 11) is 0. The summed E-state index contributed by atoms with van der Waals surface area (Å²) in [4.78, 5) is 18.5. The van der Waals surface area contributed by atoms with E-state index in [0.29, 0.717) is 11.5 Å². The fourth-order valence-corrected chi connectivity index (χ4v) is 7.10. The van der Waals surface area contributed by atoms with Crippen LogP contribution in [0.5, 0.6) is 5.75 Å². The molecule has 3 fully saturated rings. The molecular formula is C35H39FN2O4. The van der Waals surface area contributed by atoms with Gasteiger partial charge in [0.25, 0.3) is 0 Å². The number of aryl methyl sites for hydroxylation is 2. The van der Waals surface area contributed by atoms with Crippen molar-refractivity contribution in [3.63, 3.8) is 0 Å². The number of carboxylic acid groups (broad SMARTS) is 1. The Morgan fingerprint density at radius 2 is 1.98 bits per heavy atom. The lowest BCUT2D eigenvalue weighted by atomic mass is 9.82. The number of morpholine rings is 1. The van der Waals surface area contributed by atoms with Gasteiger partial charge in [-0.3, -0.25) is 14.7 Å². The van der Waals surface area contributed by atoms with Crippen LogP contribution in [0, 0.1) is 24.6 Å². The molecule has 1 aromatic heterocycles. The molecule has 2 aliphatic heterocycles. The van der Waals surface area contributed by atoms with Crippen LogP contribution >= 0.6 is 0 Å². The topological polar surface area (TPSA) is 71.9 Å². The number of halogens is 1. The first kappa shape index (κ1) is 27.5. The quantitative estimate of drug-likeness (QED) is 0.320. The maximum atomic E-state index is 15.1. The first-order valence-electron chi connectivity index (χ1n) is 15.4. The normalized spacial score (nSPS) is 22.7. The third kappa shape index (κ3) is 5.45. The molecule has 6 nitrogen and oxygen atoms in total. The molecule has 7 heteroatoms. The lowest BCUT2D eigenvalue weighted by Crippen LogP contribution is -2.43. The number of hydrogen-bond donors (Lipinski definition) is 1. The van der Waals surface area contributed by atoms with Crippen LogP contribution in [0.25, 0.3) is 11.1 Å². The van der Waals surface area contributed by atoms with Gasteiger partial charge in [0.15, 0.2) is 0 Å². The van der Waals surface area contributed by atoms with Crippen LogP contribution in [0.2, 0.25) is 0 Å². The minimum Gasteiger partial charge on any atom is -0.485 e. The summed E-state index contributed by atoms with van der Waals surface area (Å²) in [5.74, 6) is -0.203. The monoisotopic (exact) mass is 570 g/mol. The predicted molar refractivity (Wildman–Crippen MR) is 158 cm³/mol. The van der Waals surface area contributed by atoms with E-state index in [-0.39, 0.29) is 23.4 Å². The number of carbonyl (C=O) groups is 1. The van der Waals surface area contributed by atoms with Gasteiger partial charge in [0.2, 0.25) is 0 Å². The lowest BCUT2D eigenvalue weighted by molar-refractivity contribution is -0.142. The largest absolute Gasteiger partial charge is 0.485 e. The number of hydrogen-bond acceptors (Lipinski definition) is 5. The van der Waals surface area contributed by atoms with Gasteiger partial charge in [-0.2, -0.15) is 0 Å². The van der Waals surface area contributed by atoms with E-state index < -0.39 is 11.9 Å². The Morgan fingerprint density at radius 3 is 2.74 bits per heavy atom. The maximum absolute atomic E-state index is 15.1. The highest BCUT2D eigenvalue weighted by atomic mass is 19.1. The smallest absolute Gasteiger partial charge is 0.306 e. The number of rotatable bonds is 8. The average molecular weight is 571 g/mol. The number of aliphatic carboxylic acids is 1. The van der Waals surface area contributed by atoms with Crippen molar-refractivity contribution in [1.29, 1.82) is 0 Å². The molecule has 1 unspecified atom stereocenters. The number of nitrogens with zero attached hydrogens (tertiary/aromatic N) is 2. The number of aromatic nitrogens is 1. The summed E-state index contributed by atoms with van der Waals surface area (Å²) in [6.07, 6.45) is 7.32. The summed E-state index contributed by atoms with van der Waals surface area (Å²) >= 11 is 0. The molecule has 2 saturated carbocycles. The van der Waals surface area contributed by atoms with E-state index >= 15 is 4.39 Å². The van der Waals surface area contributed by atoms with Crippen LogP contribution in [0.15, 0.2) is 48.7 Å². The molecule has 3 atom stereocenters. The SMILES string of the molecule is Cc1cc(-c2ccc(C3CCc4ccc([C@H](C5CC5)[C@H](C)C(=O)O)cc4O3)cc2CN2CCOC3(CC3)C2)c(F)cn1. The molecule has 0 amide bonds. The van der Waals surface area contributed by atoms with Crippen molar-refractivity contribution in [1.82, 2.24) is 9.88 Å². The van der Waals surface area contributed by atoms with Crippen molar-refractivity contribution in [3.8, 4) is 16.9 Å². The van der Waals surface area contributed by atoms with Crippen LogP contribution in [0.1, 0.15) is 79.0 Å². The zero-order valence-electron chi connectivity index (χ0n) is 24.4. The molecule has 2 aliphatic carbocycles. The van der Waals surface area contributed by atoms with Gasteiger partial charge in [0.1, 0.15) is 17.7 Å². The standard InChI is InChI=1S/C35H39FN2O4/c1-21-15-29(30(36)18-37-21)28-9-7-25(16-27(28)19-38-13-14-41-35(20-38)11-12-35)31-10-8-23-3-6-26(17-32(23)42-31)33(24-4-5-24)22(2)34(39)40/h3,6-7,9,15-18,22,24,31,33H,4-5,8,10-14,19-20H2,1-2H3,(H,39,40)/t22-,31?,33-/m0/s1. The van der Waals surface area contributed by atoms with Gasteiger partial charge < -0.3 is 14.6 Å². The number of pyridine rings is 1. The maximum Gasteiger partial charge on any atom is 0.306 e. The number of fused-ring (bicyclic) bond motifs is 1. The van der Waals surface area contributed by atoms with E-state index in [1.54, 1.807) is 0 Å². The van der Waals surface area contributed by atoms with Crippen LogP contribution in [-0.4, -0.2) is 46.3 Å². The van der Waals surface area contributed by atoms with Crippen molar-refractivity contribution in [2.24, 2.45) is 11.8 Å². The molecule has 42 heavy (non-hydrogen) atoms. The number of ether oxygens (including phenoxy) is 2. The Kier molecular flexibility index (Phi) is 7.06. The van der Waals surface area contributed by atoms with Crippen LogP contribution in [-0.2, 0) is 22.5 Å². The summed E-state index contributed by atoms with van der Waals surface area (Å²) in [6, 6.07) is 14.5. The fraction of sp³-hybridized carbons (Fsp3) is 0.486. The van der Waals surface area contributed by atoms with Crippen molar-refractivity contribution in [2.45, 2.75) is 76.5 Å². The van der Waals surface area contributed by atoms with Gasteiger partial charge in [-0.1, -0.05) is 37.3 Å². The first-order valence-corrected chi connectivity index (χ1v) is 15.4. The highest BCUT2D eigenvalue weighted by molar-refractivity contribution is 5.71. The molecule has 2 aromatic carbocycles. The van der Waals surface area contributed by atoms with Gasteiger partial charge in [0, 0.05) is 30.9 Å². The van der Waals surface area contributed by atoms with E-state index in [1.165, 1.54) is 11.8 Å².